The first kappa shape index (κ1) is 15.2. The van der Waals surface area contributed by atoms with Crippen LogP contribution in [-0.2, 0) is 11.3 Å². The van der Waals surface area contributed by atoms with E-state index in [0.717, 1.165) is 21.5 Å². The highest BCUT2D eigenvalue weighted by molar-refractivity contribution is 7.20. The zero-order valence-electron chi connectivity index (χ0n) is 12.4. The van der Waals surface area contributed by atoms with E-state index in [1.54, 1.807) is 19.2 Å². The summed E-state index contributed by atoms with van der Waals surface area (Å²) in [5, 5.41) is 2.82. The number of carbonyl (C=O) groups is 2. The Kier molecular flexibility index (Phi) is 4.34. The third kappa shape index (κ3) is 3.37. The van der Waals surface area contributed by atoms with Crippen LogP contribution in [0.2, 0.25) is 0 Å². The summed E-state index contributed by atoms with van der Waals surface area (Å²) in [6, 6.07) is 14.7. The average molecular weight is 326 g/mol. The Balaban J connectivity index is 1.66. The summed E-state index contributed by atoms with van der Waals surface area (Å²) in [7, 11) is 1.59. The maximum atomic E-state index is 12.2. The van der Waals surface area contributed by atoms with Gasteiger partial charge >= 0.3 is 0 Å². The number of amides is 1. The number of aromatic nitrogens is 1. The number of methoxy groups -OCH3 is 1. The highest BCUT2D eigenvalue weighted by Gasteiger charge is 2.20. The number of benzene rings is 2. The average Bonchev–Trinajstić information content (AvgIpc) is 3.03. The number of thiazole rings is 1. The zero-order chi connectivity index (χ0) is 16.2. The van der Waals surface area contributed by atoms with Crippen LogP contribution in [0, 0.1) is 0 Å². The van der Waals surface area contributed by atoms with Crippen molar-refractivity contribution in [2.75, 3.05) is 7.11 Å². The van der Waals surface area contributed by atoms with Crippen LogP contribution in [0.3, 0.4) is 0 Å². The molecule has 0 spiro atoms. The number of fused-ring (bicyclic) bond motifs is 1. The van der Waals surface area contributed by atoms with Gasteiger partial charge in [-0.05, 0) is 29.8 Å². The molecule has 1 amide bonds. The summed E-state index contributed by atoms with van der Waals surface area (Å²) < 4.78 is 5.96. The molecule has 6 heteroatoms. The number of ether oxygens (including phenoxy) is 1. The van der Waals surface area contributed by atoms with Gasteiger partial charge in [0.2, 0.25) is 0 Å². The molecule has 5 nitrogen and oxygen atoms in total. The molecule has 0 radical (unpaired) electrons. The quantitative estimate of drug-likeness (QED) is 0.578. The highest BCUT2D eigenvalue weighted by atomic mass is 32.1. The lowest BCUT2D eigenvalue weighted by molar-refractivity contribution is -0.117. The summed E-state index contributed by atoms with van der Waals surface area (Å²) >= 11 is 1.22. The second kappa shape index (κ2) is 6.58. The molecule has 0 unspecified atom stereocenters. The van der Waals surface area contributed by atoms with Gasteiger partial charge in [0.25, 0.3) is 11.7 Å². The molecule has 1 heterocycles. The van der Waals surface area contributed by atoms with Crippen molar-refractivity contribution in [3.05, 3.63) is 59.1 Å². The van der Waals surface area contributed by atoms with Crippen LogP contribution in [0.5, 0.6) is 5.75 Å². The first-order valence-corrected chi connectivity index (χ1v) is 7.80. The van der Waals surface area contributed by atoms with Gasteiger partial charge < -0.3 is 10.1 Å². The Labute approximate surface area is 136 Å². The maximum Gasteiger partial charge on any atom is 0.295 e. The molecule has 23 heavy (non-hydrogen) atoms. The smallest absolute Gasteiger partial charge is 0.295 e. The van der Waals surface area contributed by atoms with Crippen molar-refractivity contribution >= 4 is 33.2 Å². The van der Waals surface area contributed by atoms with E-state index in [-0.39, 0.29) is 11.6 Å². The van der Waals surface area contributed by atoms with E-state index in [1.165, 1.54) is 11.3 Å². The number of ketones is 1. The molecule has 0 bridgehead atoms. The fourth-order valence-corrected chi connectivity index (χ4v) is 2.98. The van der Waals surface area contributed by atoms with Crippen LogP contribution in [-0.4, -0.2) is 23.8 Å². The van der Waals surface area contributed by atoms with Gasteiger partial charge in [-0.15, -0.1) is 11.3 Å². The number of Topliss-reactive ketones (excluding diaryl/α,β-unsaturated/α-hetero) is 1. The summed E-state index contributed by atoms with van der Waals surface area (Å²) in [5.74, 6) is -0.523. The van der Waals surface area contributed by atoms with E-state index < -0.39 is 11.7 Å². The zero-order valence-corrected chi connectivity index (χ0v) is 13.2. The lowest BCUT2D eigenvalue weighted by atomic mass is 10.2. The van der Waals surface area contributed by atoms with Crippen molar-refractivity contribution in [2.45, 2.75) is 6.54 Å². The van der Waals surface area contributed by atoms with Crippen molar-refractivity contribution in [2.24, 2.45) is 0 Å². The van der Waals surface area contributed by atoms with Gasteiger partial charge in [0.05, 0.1) is 17.3 Å². The maximum absolute atomic E-state index is 12.2. The molecular weight excluding hydrogens is 312 g/mol. The Bertz CT molecular complexity index is 823. The van der Waals surface area contributed by atoms with E-state index >= 15 is 0 Å². The van der Waals surface area contributed by atoms with E-state index in [9.17, 15) is 9.59 Å². The number of carbonyl (C=O) groups excluding carboxylic acids is 2. The van der Waals surface area contributed by atoms with Gasteiger partial charge in [-0.1, -0.05) is 24.3 Å². The molecule has 1 N–H and O–H groups in total. The monoisotopic (exact) mass is 326 g/mol. The molecule has 0 saturated carbocycles. The second-order valence-electron chi connectivity index (χ2n) is 4.85. The van der Waals surface area contributed by atoms with E-state index in [0.29, 0.717) is 0 Å². The molecule has 116 valence electrons. The second-order valence-corrected chi connectivity index (χ2v) is 5.88. The Morgan fingerprint density at radius 3 is 2.57 bits per heavy atom. The fourth-order valence-electron chi connectivity index (χ4n) is 2.07. The number of hydrogen-bond acceptors (Lipinski definition) is 5. The van der Waals surface area contributed by atoms with Crippen LogP contribution < -0.4 is 10.1 Å². The molecular formula is C17H14N2O3S. The Hall–Kier alpha value is -2.73. The molecule has 0 aliphatic rings. The standard InChI is InChI=1S/C17H14N2O3S/c1-22-12-8-6-11(7-9-12)10-18-16(21)15(20)17-19-13-4-2-3-5-14(13)23-17/h2-9H,10H2,1H3,(H,18,21). The number of nitrogens with zero attached hydrogens (tertiary/aromatic N) is 1. The van der Waals surface area contributed by atoms with E-state index in [4.69, 9.17) is 4.74 Å². The SMILES string of the molecule is COc1ccc(CNC(=O)C(=O)c2nc3ccccc3s2)cc1. The van der Waals surface area contributed by atoms with Crippen LogP contribution in [0.1, 0.15) is 15.4 Å². The molecule has 0 aliphatic heterocycles. The molecule has 2 aromatic carbocycles. The molecule has 3 rings (SSSR count). The first-order valence-electron chi connectivity index (χ1n) is 6.98. The van der Waals surface area contributed by atoms with Gasteiger partial charge in [0, 0.05) is 6.54 Å². The van der Waals surface area contributed by atoms with E-state index in [2.05, 4.69) is 10.3 Å². The van der Waals surface area contributed by atoms with Gasteiger partial charge in [0.15, 0.2) is 5.01 Å². The Morgan fingerprint density at radius 2 is 1.87 bits per heavy atom. The van der Waals surface area contributed by atoms with Gasteiger partial charge in [-0.25, -0.2) is 4.98 Å². The van der Waals surface area contributed by atoms with Crippen molar-refractivity contribution in [1.29, 1.82) is 0 Å². The fraction of sp³-hybridized carbons (Fsp3) is 0.118. The minimum atomic E-state index is -0.653. The van der Waals surface area contributed by atoms with Crippen LogP contribution in [0.4, 0.5) is 0 Å². The summed E-state index contributed by atoms with van der Waals surface area (Å²) in [6.07, 6.45) is 0. The minimum Gasteiger partial charge on any atom is -0.497 e. The van der Waals surface area contributed by atoms with Gasteiger partial charge in [-0.3, -0.25) is 9.59 Å². The molecule has 0 atom stereocenters. The van der Waals surface area contributed by atoms with Gasteiger partial charge in [0.1, 0.15) is 5.75 Å². The molecule has 1 aromatic heterocycles. The highest BCUT2D eigenvalue weighted by Crippen LogP contribution is 2.21. The Morgan fingerprint density at radius 1 is 1.13 bits per heavy atom. The molecule has 0 saturated heterocycles. The lowest BCUT2D eigenvalue weighted by Crippen LogP contribution is -2.30. The number of nitrogens with one attached hydrogen (secondary N) is 1. The van der Waals surface area contributed by atoms with Crippen LogP contribution >= 0.6 is 11.3 Å². The summed E-state index contributed by atoms with van der Waals surface area (Å²) in [6.45, 7) is 0.277. The minimum absolute atomic E-state index is 0.207. The van der Waals surface area contributed by atoms with Crippen molar-refractivity contribution in [1.82, 2.24) is 10.3 Å². The first-order chi connectivity index (χ1) is 11.2. The predicted molar refractivity (Wildman–Crippen MR) is 88.8 cm³/mol. The number of hydrogen-bond donors (Lipinski definition) is 1. The van der Waals surface area contributed by atoms with Gasteiger partial charge in [-0.2, -0.15) is 0 Å². The van der Waals surface area contributed by atoms with Crippen LogP contribution in [0.25, 0.3) is 10.2 Å². The largest absolute Gasteiger partial charge is 0.497 e. The van der Waals surface area contributed by atoms with Crippen LogP contribution in [0.15, 0.2) is 48.5 Å². The van der Waals surface area contributed by atoms with Crippen molar-refractivity contribution in [3.63, 3.8) is 0 Å². The van der Waals surface area contributed by atoms with Crippen molar-refractivity contribution < 1.29 is 14.3 Å². The van der Waals surface area contributed by atoms with E-state index in [1.807, 2.05) is 36.4 Å². The molecule has 0 aliphatic carbocycles. The molecule has 3 aromatic rings. The normalized spacial score (nSPS) is 10.5. The third-order valence-corrected chi connectivity index (χ3v) is 4.34. The summed E-state index contributed by atoms with van der Waals surface area (Å²) in [5.41, 5.74) is 1.61. The predicted octanol–water partition coefficient (Wildman–Crippen LogP) is 2.80. The topological polar surface area (TPSA) is 68.3 Å². The summed E-state index contributed by atoms with van der Waals surface area (Å²) in [4.78, 5) is 28.4. The molecule has 0 fully saturated rings. The number of rotatable bonds is 5. The number of para-hydroxylation sites is 1. The van der Waals surface area contributed by atoms with Crippen molar-refractivity contribution in [3.8, 4) is 5.75 Å². The third-order valence-electron chi connectivity index (χ3n) is 3.31. The lowest BCUT2D eigenvalue weighted by Gasteiger charge is -2.04.